The summed E-state index contributed by atoms with van der Waals surface area (Å²) in [5.41, 5.74) is 1.10. The monoisotopic (exact) mass is 342 g/mol. The van der Waals surface area contributed by atoms with Crippen molar-refractivity contribution in [2.45, 2.75) is 19.4 Å². The summed E-state index contributed by atoms with van der Waals surface area (Å²) in [5.74, 6) is 0.909. The molecule has 0 radical (unpaired) electrons. The maximum absolute atomic E-state index is 12.1. The first-order valence-electron chi connectivity index (χ1n) is 8.38. The zero-order chi connectivity index (χ0) is 17.6. The highest BCUT2D eigenvalue weighted by atomic mass is 16.5. The topological polar surface area (TPSA) is 80.6 Å². The molecule has 2 atom stereocenters. The summed E-state index contributed by atoms with van der Waals surface area (Å²) >= 11 is 0. The van der Waals surface area contributed by atoms with Crippen LogP contribution in [0.3, 0.4) is 0 Å². The molecule has 1 heterocycles. The number of methoxy groups -OCH3 is 1. The van der Waals surface area contributed by atoms with Gasteiger partial charge in [0.2, 0.25) is 11.8 Å². The largest absolute Gasteiger partial charge is 0.497 e. The Morgan fingerprint density at radius 3 is 2.68 bits per heavy atom. The van der Waals surface area contributed by atoms with Gasteiger partial charge in [0.25, 0.3) is 0 Å². The molecule has 0 saturated heterocycles. The highest BCUT2D eigenvalue weighted by Crippen LogP contribution is 2.38. The number of rotatable bonds is 8. The van der Waals surface area contributed by atoms with Crippen LogP contribution in [0.5, 0.6) is 5.75 Å². The summed E-state index contributed by atoms with van der Waals surface area (Å²) < 4.78 is 10.3. The summed E-state index contributed by atoms with van der Waals surface area (Å²) in [5, 5.41) is 5.71. The van der Waals surface area contributed by atoms with Crippen molar-refractivity contribution in [2.24, 2.45) is 11.8 Å². The Hall–Kier alpha value is -2.76. The van der Waals surface area contributed by atoms with Crippen molar-refractivity contribution in [3.8, 4) is 5.75 Å². The van der Waals surface area contributed by atoms with Crippen molar-refractivity contribution in [2.75, 3.05) is 13.7 Å². The van der Waals surface area contributed by atoms with Crippen LogP contribution in [0.1, 0.15) is 17.7 Å². The van der Waals surface area contributed by atoms with Crippen molar-refractivity contribution >= 4 is 11.8 Å². The fraction of sp³-hybridized carbons (Fsp3) is 0.368. The molecule has 0 aliphatic heterocycles. The first-order valence-corrected chi connectivity index (χ1v) is 8.38. The number of hydrogen-bond donors (Lipinski definition) is 2. The number of ether oxygens (including phenoxy) is 1. The molecule has 1 aromatic heterocycles. The normalized spacial score (nSPS) is 18.4. The number of benzene rings is 1. The van der Waals surface area contributed by atoms with E-state index in [0.29, 0.717) is 25.3 Å². The fourth-order valence-corrected chi connectivity index (χ4v) is 2.78. The van der Waals surface area contributed by atoms with Crippen LogP contribution in [0, 0.1) is 11.8 Å². The maximum atomic E-state index is 12.1. The van der Waals surface area contributed by atoms with Crippen molar-refractivity contribution < 1.29 is 18.7 Å². The third-order valence-electron chi connectivity index (χ3n) is 4.33. The van der Waals surface area contributed by atoms with Gasteiger partial charge < -0.3 is 19.8 Å². The van der Waals surface area contributed by atoms with Crippen LogP contribution in [0.25, 0.3) is 0 Å². The second kappa shape index (κ2) is 7.88. The van der Waals surface area contributed by atoms with E-state index in [1.54, 1.807) is 25.5 Å². The number of furan rings is 1. The molecule has 2 unspecified atom stereocenters. The molecule has 2 aromatic rings. The minimum absolute atomic E-state index is 0.0546. The third-order valence-corrected chi connectivity index (χ3v) is 4.33. The van der Waals surface area contributed by atoms with E-state index in [4.69, 9.17) is 9.15 Å². The summed E-state index contributed by atoms with van der Waals surface area (Å²) in [6.45, 7) is 0.899. The Bertz CT molecular complexity index is 727. The van der Waals surface area contributed by atoms with Crippen molar-refractivity contribution in [1.29, 1.82) is 0 Å². The van der Waals surface area contributed by atoms with Crippen LogP contribution < -0.4 is 15.4 Å². The Balaban J connectivity index is 1.37. The van der Waals surface area contributed by atoms with E-state index in [2.05, 4.69) is 10.6 Å². The highest BCUT2D eigenvalue weighted by molar-refractivity contribution is 5.92. The fourth-order valence-electron chi connectivity index (χ4n) is 2.78. The quantitative estimate of drug-likeness (QED) is 0.768. The van der Waals surface area contributed by atoms with E-state index in [1.165, 1.54) is 0 Å². The molecule has 25 heavy (non-hydrogen) atoms. The predicted molar refractivity (Wildman–Crippen MR) is 91.9 cm³/mol. The molecule has 1 aromatic carbocycles. The molecule has 2 amide bonds. The summed E-state index contributed by atoms with van der Waals surface area (Å²) in [6, 6.07) is 11.3. The lowest BCUT2D eigenvalue weighted by Gasteiger charge is -2.07. The van der Waals surface area contributed by atoms with Crippen molar-refractivity contribution in [3.63, 3.8) is 0 Å². The van der Waals surface area contributed by atoms with Crippen LogP contribution in [-0.4, -0.2) is 25.5 Å². The summed E-state index contributed by atoms with van der Waals surface area (Å²) in [4.78, 5) is 24.2. The van der Waals surface area contributed by atoms with E-state index in [0.717, 1.165) is 17.7 Å². The van der Waals surface area contributed by atoms with Crippen LogP contribution in [0.4, 0.5) is 0 Å². The molecule has 6 heteroatoms. The number of hydrogen-bond acceptors (Lipinski definition) is 4. The van der Waals surface area contributed by atoms with Gasteiger partial charge in [-0.3, -0.25) is 9.59 Å². The van der Waals surface area contributed by atoms with Crippen LogP contribution in [0.15, 0.2) is 47.1 Å². The number of nitrogens with one attached hydrogen (secondary N) is 2. The van der Waals surface area contributed by atoms with Gasteiger partial charge in [0, 0.05) is 6.54 Å². The van der Waals surface area contributed by atoms with E-state index in [-0.39, 0.29) is 23.7 Å². The third kappa shape index (κ3) is 4.62. The van der Waals surface area contributed by atoms with Crippen molar-refractivity contribution in [3.05, 3.63) is 54.0 Å². The molecule has 2 N–H and O–H groups in total. The first kappa shape index (κ1) is 17.1. The van der Waals surface area contributed by atoms with Gasteiger partial charge in [-0.25, -0.2) is 0 Å². The van der Waals surface area contributed by atoms with E-state index < -0.39 is 0 Å². The Morgan fingerprint density at radius 1 is 1.16 bits per heavy atom. The highest BCUT2D eigenvalue weighted by Gasteiger charge is 2.47. The molecule has 6 nitrogen and oxygen atoms in total. The van der Waals surface area contributed by atoms with Gasteiger partial charge in [0.15, 0.2) is 0 Å². The van der Waals surface area contributed by atoms with Crippen molar-refractivity contribution in [1.82, 2.24) is 10.6 Å². The van der Waals surface area contributed by atoms with Gasteiger partial charge in [-0.15, -0.1) is 0 Å². The van der Waals surface area contributed by atoms with Gasteiger partial charge in [0.1, 0.15) is 11.5 Å². The second-order valence-corrected chi connectivity index (χ2v) is 6.14. The first-order chi connectivity index (χ1) is 12.2. The van der Waals surface area contributed by atoms with Gasteiger partial charge >= 0.3 is 0 Å². The smallest absolute Gasteiger partial charge is 0.224 e. The molecule has 1 saturated carbocycles. The lowest BCUT2D eigenvalue weighted by atomic mass is 10.1. The summed E-state index contributed by atoms with van der Waals surface area (Å²) in [7, 11) is 1.63. The average Bonchev–Trinajstić information content (AvgIpc) is 3.27. The van der Waals surface area contributed by atoms with E-state index in [1.807, 2.05) is 24.3 Å². The lowest BCUT2D eigenvalue weighted by molar-refractivity contribution is -0.127. The van der Waals surface area contributed by atoms with Gasteiger partial charge in [-0.1, -0.05) is 12.1 Å². The number of carbonyl (C=O) groups is 2. The number of carbonyl (C=O) groups excluding carboxylic acids is 2. The molecule has 0 bridgehead atoms. The standard InChI is InChI=1S/C19H22N2O4/c1-24-14-5-2-4-13(10-14)7-8-20-18(22)16-11-17(16)19(23)21-12-15-6-3-9-25-15/h2-6,9-10,16-17H,7-8,11-12H2,1H3,(H,20,22)(H,21,23). The van der Waals surface area contributed by atoms with Crippen LogP contribution in [-0.2, 0) is 22.6 Å². The molecular formula is C19H22N2O4. The molecule has 0 spiro atoms. The molecule has 1 aliphatic rings. The Morgan fingerprint density at radius 2 is 1.96 bits per heavy atom. The predicted octanol–water partition coefficient (Wildman–Crippen LogP) is 1.90. The molecule has 1 aliphatic carbocycles. The molecule has 1 fully saturated rings. The average molecular weight is 342 g/mol. The molecule has 3 rings (SSSR count). The minimum atomic E-state index is -0.230. The van der Waals surface area contributed by atoms with Gasteiger partial charge in [-0.05, 0) is 42.7 Å². The van der Waals surface area contributed by atoms with Gasteiger partial charge in [0.05, 0.1) is 31.8 Å². The lowest BCUT2D eigenvalue weighted by Crippen LogP contribution is -2.31. The number of amides is 2. The second-order valence-electron chi connectivity index (χ2n) is 6.14. The Labute approximate surface area is 146 Å². The summed E-state index contributed by atoms with van der Waals surface area (Å²) in [6.07, 6.45) is 2.90. The molecule has 132 valence electrons. The van der Waals surface area contributed by atoms with Crippen LogP contribution in [0.2, 0.25) is 0 Å². The zero-order valence-corrected chi connectivity index (χ0v) is 14.2. The maximum Gasteiger partial charge on any atom is 0.224 e. The minimum Gasteiger partial charge on any atom is -0.497 e. The van der Waals surface area contributed by atoms with Crippen LogP contribution >= 0.6 is 0 Å². The van der Waals surface area contributed by atoms with E-state index >= 15 is 0 Å². The molecular weight excluding hydrogens is 320 g/mol. The van der Waals surface area contributed by atoms with E-state index in [9.17, 15) is 9.59 Å². The zero-order valence-electron chi connectivity index (χ0n) is 14.2. The SMILES string of the molecule is COc1cccc(CCNC(=O)C2CC2C(=O)NCc2ccco2)c1. The van der Waals surface area contributed by atoms with Gasteiger partial charge in [-0.2, -0.15) is 0 Å². The Kier molecular flexibility index (Phi) is 5.38.